The van der Waals surface area contributed by atoms with E-state index in [2.05, 4.69) is 5.32 Å². The molecule has 1 N–H and O–H groups in total. The number of carbonyl (C=O) groups is 2. The van der Waals surface area contributed by atoms with E-state index in [1.165, 1.54) is 0 Å². The van der Waals surface area contributed by atoms with Crippen LogP contribution in [0.3, 0.4) is 0 Å². The van der Waals surface area contributed by atoms with Gasteiger partial charge in [0.1, 0.15) is 23.6 Å². The fourth-order valence-electron chi connectivity index (χ4n) is 4.08. The summed E-state index contributed by atoms with van der Waals surface area (Å²) in [6.07, 6.45) is 2.20. The van der Waals surface area contributed by atoms with Gasteiger partial charge in [-0.05, 0) is 49.2 Å². The smallest absolute Gasteiger partial charge is 0.291 e. The minimum absolute atomic E-state index is 0.128. The predicted molar refractivity (Wildman–Crippen MR) is 122 cm³/mol. The molecule has 33 heavy (non-hydrogen) atoms. The Labute approximate surface area is 191 Å². The Morgan fingerprint density at radius 3 is 2.58 bits per heavy atom. The van der Waals surface area contributed by atoms with Gasteiger partial charge in [-0.3, -0.25) is 9.59 Å². The molecule has 2 amide bonds. The van der Waals surface area contributed by atoms with Crippen LogP contribution < -0.4 is 10.1 Å². The first kappa shape index (κ1) is 21.5. The summed E-state index contributed by atoms with van der Waals surface area (Å²) in [7, 11) is 0. The van der Waals surface area contributed by atoms with Gasteiger partial charge in [-0.1, -0.05) is 12.1 Å². The van der Waals surface area contributed by atoms with Crippen molar-refractivity contribution >= 4 is 28.5 Å². The number of ether oxygens (including phenoxy) is 3. The van der Waals surface area contributed by atoms with Gasteiger partial charge in [0.05, 0.1) is 19.3 Å². The normalized spacial score (nSPS) is 18.4. The van der Waals surface area contributed by atoms with E-state index >= 15 is 0 Å². The van der Waals surface area contributed by atoms with E-state index in [1.807, 2.05) is 18.2 Å². The highest BCUT2D eigenvalue weighted by atomic mass is 16.5. The number of nitrogens with one attached hydrogen (secondary N) is 1. The first-order valence-electron chi connectivity index (χ1n) is 11.2. The van der Waals surface area contributed by atoms with Crippen molar-refractivity contribution in [2.45, 2.75) is 18.9 Å². The summed E-state index contributed by atoms with van der Waals surface area (Å²) < 4.78 is 22.6. The topological polar surface area (TPSA) is 90.2 Å². The number of anilines is 1. The molecule has 2 fully saturated rings. The van der Waals surface area contributed by atoms with E-state index in [0.717, 1.165) is 19.4 Å². The van der Waals surface area contributed by atoms with Gasteiger partial charge in [0, 0.05) is 30.6 Å². The number of amides is 2. The lowest BCUT2D eigenvalue weighted by Gasteiger charge is -2.26. The molecule has 0 unspecified atom stereocenters. The Morgan fingerprint density at radius 1 is 1.03 bits per heavy atom. The largest absolute Gasteiger partial charge is 0.491 e. The van der Waals surface area contributed by atoms with E-state index in [-0.39, 0.29) is 23.7 Å². The van der Waals surface area contributed by atoms with Crippen molar-refractivity contribution in [2.75, 3.05) is 44.8 Å². The van der Waals surface area contributed by atoms with Gasteiger partial charge in [0.2, 0.25) is 5.76 Å². The zero-order valence-corrected chi connectivity index (χ0v) is 18.2. The fraction of sp³-hybridized carbons (Fsp3) is 0.360. The van der Waals surface area contributed by atoms with Crippen molar-refractivity contribution in [1.82, 2.24) is 4.90 Å². The molecule has 3 aromatic rings. The third-order valence-electron chi connectivity index (χ3n) is 5.90. The maximum absolute atomic E-state index is 13.1. The number of hydrogen-bond donors (Lipinski definition) is 1. The number of rotatable bonds is 6. The van der Waals surface area contributed by atoms with Gasteiger partial charge in [0.15, 0.2) is 0 Å². The summed E-state index contributed by atoms with van der Waals surface area (Å²) in [4.78, 5) is 27.8. The summed E-state index contributed by atoms with van der Waals surface area (Å²) in [6, 6.07) is 14.2. The van der Waals surface area contributed by atoms with Crippen molar-refractivity contribution in [3.05, 3.63) is 59.9 Å². The van der Waals surface area contributed by atoms with Crippen molar-refractivity contribution in [2.24, 2.45) is 0 Å². The lowest BCUT2D eigenvalue weighted by Crippen LogP contribution is -2.40. The van der Waals surface area contributed by atoms with E-state index in [4.69, 9.17) is 18.6 Å². The minimum atomic E-state index is -0.330. The number of nitrogens with zero attached hydrogens (tertiary/aromatic N) is 1. The molecule has 2 saturated heterocycles. The van der Waals surface area contributed by atoms with Crippen LogP contribution in [0.2, 0.25) is 0 Å². The molecule has 2 aliphatic heterocycles. The zero-order valence-electron chi connectivity index (χ0n) is 18.2. The Morgan fingerprint density at radius 2 is 1.82 bits per heavy atom. The molecule has 1 aromatic heterocycles. The minimum Gasteiger partial charge on any atom is -0.491 e. The molecule has 0 aliphatic carbocycles. The van der Waals surface area contributed by atoms with Crippen molar-refractivity contribution in [1.29, 1.82) is 0 Å². The number of morpholine rings is 1. The number of hydrogen-bond acceptors (Lipinski definition) is 6. The second-order valence-corrected chi connectivity index (χ2v) is 8.13. The van der Waals surface area contributed by atoms with Crippen molar-refractivity contribution < 1.29 is 28.2 Å². The third-order valence-corrected chi connectivity index (χ3v) is 5.90. The van der Waals surface area contributed by atoms with Crippen LogP contribution in [0.5, 0.6) is 5.75 Å². The Bertz CT molecular complexity index is 1130. The predicted octanol–water partition coefficient (Wildman–Crippen LogP) is 3.72. The maximum Gasteiger partial charge on any atom is 0.291 e. The summed E-state index contributed by atoms with van der Waals surface area (Å²) in [5.41, 5.74) is 1.38. The van der Waals surface area contributed by atoms with Crippen LogP contribution in [0.15, 0.2) is 52.9 Å². The van der Waals surface area contributed by atoms with Crippen LogP contribution >= 0.6 is 0 Å². The second-order valence-electron chi connectivity index (χ2n) is 8.13. The van der Waals surface area contributed by atoms with Gasteiger partial charge in [-0.2, -0.15) is 0 Å². The highest BCUT2D eigenvalue weighted by molar-refractivity contribution is 6.14. The quantitative estimate of drug-likeness (QED) is 0.616. The Kier molecular flexibility index (Phi) is 6.28. The number of para-hydroxylation sites is 1. The standard InChI is InChI=1S/C25H26N2O6/c28-24(17-7-9-18(10-8-17)32-16-19-4-3-13-31-19)26-22-20-5-1-2-6-21(20)33-23(22)25(29)27-11-14-30-15-12-27/h1-2,5-10,19H,3-4,11-16H2,(H,26,28)/t19-/m0/s1. The van der Waals surface area contributed by atoms with Crippen molar-refractivity contribution in [3.63, 3.8) is 0 Å². The van der Waals surface area contributed by atoms with Gasteiger partial charge in [-0.25, -0.2) is 0 Å². The molecule has 0 bridgehead atoms. The highest BCUT2D eigenvalue weighted by Crippen LogP contribution is 2.32. The molecule has 5 rings (SSSR count). The summed E-state index contributed by atoms with van der Waals surface area (Å²) in [5.74, 6) is 0.216. The maximum atomic E-state index is 13.1. The molecular weight excluding hydrogens is 424 g/mol. The molecule has 0 radical (unpaired) electrons. The van der Waals surface area contributed by atoms with Crippen LogP contribution in [0, 0.1) is 0 Å². The van der Waals surface area contributed by atoms with Crippen molar-refractivity contribution in [3.8, 4) is 5.75 Å². The van der Waals surface area contributed by atoms with Gasteiger partial charge >= 0.3 is 0 Å². The average Bonchev–Trinajstić information content (AvgIpc) is 3.51. The summed E-state index contributed by atoms with van der Waals surface area (Å²) >= 11 is 0. The molecule has 8 nitrogen and oxygen atoms in total. The first-order valence-corrected chi connectivity index (χ1v) is 11.2. The second kappa shape index (κ2) is 9.64. The van der Waals surface area contributed by atoms with E-state index in [9.17, 15) is 9.59 Å². The average molecular weight is 450 g/mol. The van der Waals surface area contributed by atoms with E-state index in [1.54, 1.807) is 35.2 Å². The number of carbonyl (C=O) groups excluding carboxylic acids is 2. The van der Waals surface area contributed by atoms with Crippen LogP contribution in [-0.4, -0.2) is 62.3 Å². The van der Waals surface area contributed by atoms with E-state index < -0.39 is 0 Å². The molecule has 3 heterocycles. The summed E-state index contributed by atoms with van der Waals surface area (Å²) in [5, 5.41) is 3.57. The van der Waals surface area contributed by atoms with Gasteiger partial charge in [0.25, 0.3) is 11.8 Å². The molecule has 2 aliphatic rings. The fourth-order valence-corrected chi connectivity index (χ4v) is 4.08. The molecule has 8 heteroatoms. The Balaban J connectivity index is 1.33. The van der Waals surface area contributed by atoms with Crippen LogP contribution in [0.4, 0.5) is 5.69 Å². The molecular formula is C25H26N2O6. The molecule has 2 aromatic carbocycles. The molecule has 1 atom stereocenters. The molecule has 0 spiro atoms. The summed E-state index contributed by atoms with van der Waals surface area (Å²) in [6.45, 7) is 3.21. The lowest BCUT2D eigenvalue weighted by molar-refractivity contribution is 0.0285. The lowest BCUT2D eigenvalue weighted by atomic mass is 10.1. The van der Waals surface area contributed by atoms with Crippen LogP contribution in [0.25, 0.3) is 11.0 Å². The zero-order chi connectivity index (χ0) is 22.6. The first-order chi connectivity index (χ1) is 16.2. The molecule has 0 saturated carbocycles. The number of benzene rings is 2. The Hall–Kier alpha value is -3.36. The monoisotopic (exact) mass is 450 g/mol. The SMILES string of the molecule is O=C(Nc1c(C(=O)N2CCOCC2)oc2ccccc12)c1ccc(OC[C@@H]2CCCO2)cc1. The van der Waals surface area contributed by atoms with E-state index in [0.29, 0.717) is 60.9 Å². The van der Waals surface area contributed by atoms with Gasteiger partial charge in [-0.15, -0.1) is 0 Å². The highest BCUT2D eigenvalue weighted by Gasteiger charge is 2.27. The van der Waals surface area contributed by atoms with Crippen LogP contribution in [-0.2, 0) is 9.47 Å². The van der Waals surface area contributed by atoms with Crippen LogP contribution in [0.1, 0.15) is 33.8 Å². The number of fused-ring (bicyclic) bond motifs is 1. The number of furan rings is 1. The third kappa shape index (κ3) is 4.72. The molecule has 172 valence electrons. The van der Waals surface area contributed by atoms with Gasteiger partial charge < -0.3 is 28.8 Å².